The first-order valence-corrected chi connectivity index (χ1v) is 9.81. The molecular weight excluding hydrogens is 278 g/mol. The van der Waals surface area contributed by atoms with Gasteiger partial charge in [0.2, 0.25) is 0 Å². The summed E-state index contributed by atoms with van der Waals surface area (Å²) >= 11 is 0. The van der Waals surface area contributed by atoms with Crippen molar-refractivity contribution >= 4 is 10.9 Å². The predicted molar refractivity (Wildman–Crippen MR) is 103 cm³/mol. The standard InChI is InChI=1S/C22H35N/c1-4-6-8-10-14-19(15-11-9-7-5-2)21-18-23(3)22-17-13-12-16-20(21)22/h12-13,16-19H,4-11,14-15H2,1-3H3. The quantitative estimate of drug-likeness (QED) is 0.386. The summed E-state index contributed by atoms with van der Waals surface area (Å²) < 4.78 is 2.32. The van der Waals surface area contributed by atoms with Gasteiger partial charge in [-0.25, -0.2) is 0 Å². The SMILES string of the molecule is CCCCCCC(CCCCCC)c1cn(C)c2ccccc12. The first kappa shape index (κ1) is 18.1. The Labute approximate surface area is 143 Å². The number of aryl methyl sites for hydroxylation is 1. The van der Waals surface area contributed by atoms with E-state index < -0.39 is 0 Å². The van der Waals surface area contributed by atoms with Crippen LogP contribution in [0.1, 0.15) is 89.5 Å². The highest BCUT2D eigenvalue weighted by Crippen LogP contribution is 2.34. The fraction of sp³-hybridized carbons (Fsp3) is 0.636. The normalized spacial score (nSPS) is 11.7. The topological polar surface area (TPSA) is 4.93 Å². The summed E-state index contributed by atoms with van der Waals surface area (Å²) in [4.78, 5) is 0. The molecule has 0 spiro atoms. The van der Waals surface area contributed by atoms with Gasteiger partial charge in [0, 0.05) is 24.1 Å². The van der Waals surface area contributed by atoms with Crippen molar-refractivity contribution in [1.29, 1.82) is 0 Å². The average molecular weight is 314 g/mol. The number of benzene rings is 1. The van der Waals surface area contributed by atoms with Gasteiger partial charge < -0.3 is 4.57 Å². The molecule has 2 rings (SSSR count). The Morgan fingerprint density at radius 3 is 2.04 bits per heavy atom. The molecule has 2 aromatic rings. The van der Waals surface area contributed by atoms with Gasteiger partial charge in [0.05, 0.1) is 0 Å². The third-order valence-electron chi connectivity index (χ3n) is 5.18. The molecule has 0 atom stereocenters. The van der Waals surface area contributed by atoms with Gasteiger partial charge in [-0.15, -0.1) is 0 Å². The van der Waals surface area contributed by atoms with Crippen molar-refractivity contribution in [2.75, 3.05) is 0 Å². The van der Waals surface area contributed by atoms with E-state index in [-0.39, 0.29) is 0 Å². The molecule has 0 aliphatic carbocycles. The van der Waals surface area contributed by atoms with Gasteiger partial charge in [-0.1, -0.05) is 83.4 Å². The molecule has 0 aliphatic rings. The molecule has 0 saturated heterocycles. The van der Waals surface area contributed by atoms with Gasteiger partial charge in [-0.05, 0) is 30.4 Å². The van der Waals surface area contributed by atoms with Crippen molar-refractivity contribution < 1.29 is 0 Å². The minimum atomic E-state index is 0.745. The van der Waals surface area contributed by atoms with Crippen LogP contribution in [0.25, 0.3) is 10.9 Å². The molecule has 0 unspecified atom stereocenters. The minimum absolute atomic E-state index is 0.745. The van der Waals surface area contributed by atoms with Gasteiger partial charge in [-0.3, -0.25) is 0 Å². The molecule has 23 heavy (non-hydrogen) atoms. The average Bonchev–Trinajstić information content (AvgIpc) is 2.91. The highest BCUT2D eigenvalue weighted by Gasteiger charge is 2.16. The van der Waals surface area contributed by atoms with Crippen molar-refractivity contribution in [3.63, 3.8) is 0 Å². The summed E-state index contributed by atoms with van der Waals surface area (Å²) in [5.41, 5.74) is 2.98. The lowest BCUT2D eigenvalue weighted by Crippen LogP contribution is -1.99. The van der Waals surface area contributed by atoms with Crippen LogP contribution in [0.2, 0.25) is 0 Å². The third-order valence-corrected chi connectivity index (χ3v) is 5.18. The van der Waals surface area contributed by atoms with Crippen LogP contribution >= 0.6 is 0 Å². The lowest BCUT2D eigenvalue weighted by atomic mass is 9.88. The van der Waals surface area contributed by atoms with Gasteiger partial charge in [-0.2, -0.15) is 0 Å². The minimum Gasteiger partial charge on any atom is -0.350 e. The first-order valence-electron chi connectivity index (χ1n) is 9.81. The summed E-state index contributed by atoms with van der Waals surface area (Å²) in [6, 6.07) is 8.92. The van der Waals surface area contributed by atoms with E-state index in [1.165, 1.54) is 75.1 Å². The Morgan fingerprint density at radius 2 is 1.43 bits per heavy atom. The number of unbranched alkanes of at least 4 members (excludes halogenated alkanes) is 6. The van der Waals surface area contributed by atoms with E-state index in [0.717, 1.165) is 5.92 Å². The van der Waals surface area contributed by atoms with Crippen LogP contribution in [0.15, 0.2) is 30.5 Å². The summed E-state index contributed by atoms with van der Waals surface area (Å²) in [5, 5.41) is 1.48. The van der Waals surface area contributed by atoms with Crippen LogP contribution < -0.4 is 0 Å². The Balaban J connectivity index is 2.10. The fourth-order valence-electron chi connectivity index (χ4n) is 3.79. The van der Waals surface area contributed by atoms with E-state index in [4.69, 9.17) is 0 Å². The maximum absolute atomic E-state index is 2.40. The maximum atomic E-state index is 2.40. The van der Waals surface area contributed by atoms with Gasteiger partial charge in [0.25, 0.3) is 0 Å². The Bertz CT molecular complexity index is 554. The molecule has 0 N–H and O–H groups in total. The molecule has 0 fully saturated rings. The summed E-state index contributed by atoms with van der Waals surface area (Å²) in [5.74, 6) is 0.745. The van der Waals surface area contributed by atoms with Crippen LogP contribution in [-0.4, -0.2) is 4.57 Å². The van der Waals surface area contributed by atoms with E-state index in [9.17, 15) is 0 Å². The number of rotatable bonds is 11. The summed E-state index contributed by atoms with van der Waals surface area (Å²) in [6.07, 6.45) is 16.1. The van der Waals surface area contributed by atoms with Crippen molar-refractivity contribution in [3.8, 4) is 0 Å². The molecule has 0 saturated carbocycles. The second-order valence-corrected chi connectivity index (χ2v) is 7.11. The monoisotopic (exact) mass is 313 g/mol. The highest BCUT2D eigenvalue weighted by molar-refractivity contribution is 5.84. The second kappa shape index (κ2) is 9.80. The van der Waals surface area contributed by atoms with Crippen molar-refractivity contribution in [1.82, 2.24) is 4.57 Å². The van der Waals surface area contributed by atoms with E-state index in [1.54, 1.807) is 5.56 Å². The summed E-state index contributed by atoms with van der Waals surface area (Å²) in [6.45, 7) is 4.60. The molecule has 1 heterocycles. The van der Waals surface area contributed by atoms with E-state index in [1.807, 2.05) is 0 Å². The first-order chi connectivity index (χ1) is 11.3. The molecular formula is C22H35N. The molecule has 0 aliphatic heterocycles. The number of hydrogen-bond donors (Lipinski definition) is 0. The zero-order valence-corrected chi connectivity index (χ0v) is 15.5. The van der Waals surface area contributed by atoms with Gasteiger partial charge in [0.15, 0.2) is 0 Å². The number of aromatic nitrogens is 1. The Hall–Kier alpha value is -1.24. The van der Waals surface area contributed by atoms with E-state index in [0.29, 0.717) is 0 Å². The fourth-order valence-corrected chi connectivity index (χ4v) is 3.79. The van der Waals surface area contributed by atoms with Crippen LogP contribution in [0.4, 0.5) is 0 Å². The highest BCUT2D eigenvalue weighted by atomic mass is 14.9. The smallest absolute Gasteiger partial charge is 0.0480 e. The summed E-state index contributed by atoms with van der Waals surface area (Å²) in [7, 11) is 2.19. The number of fused-ring (bicyclic) bond motifs is 1. The molecule has 1 aromatic carbocycles. The van der Waals surface area contributed by atoms with Crippen molar-refractivity contribution in [3.05, 3.63) is 36.0 Å². The van der Waals surface area contributed by atoms with Crippen LogP contribution in [0, 0.1) is 0 Å². The zero-order chi connectivity index (χ0) is 16.5. The third kappa shape index (κ3) is 5.12. The van der Waals surface area contributed by atoms with Gasteiger partial charge in [0.1, 0.15) is 0 Å². The van der Waals surface area contributed by atoms with Crippen LogP contribution in [0.3, 0.4) is 0 Å². The number of hydrogen-bond acceptors (Lipinski definition) is 0. The maximum Gasteiger partial charge on any atom is 0.0480 e. The lowest BCUT2D eigenvalue weighted by molar-refractivity contribution is 0.498. The van der Waals surface area contributed by atoms with E-state index >= 15 is 0 Å². The van der Waals surface area contributed by atoms with Crippen LogP contribution in [-0.2, 0) is 7.05 Å². The molecule has 0 radical (unpaired) electrons. The lowest BCUT2D eigenvalue weighted by Gasteiger charge is -2.17. The zero-order valence-electron chi connectivity index (χ0n) is 15.5. The molecule has 128 valence electrons. The van der Waals surface area contributed by atoms with Crippen molar-refractivity contribution in [2.24, 2.45) is 7.05 Å². The van der Waals surface area contributed by atoms with Gasteiger partial charge >= 0.3 is 0 Å². The van der Waals surface area contributed by atoms with Crippen LogP contribution in [0.5, 0.6) is 0 Å². The predicted octanol–water partition coefficient (Wildman–Crippen LogP) is 7.20. The molecule has 0 bridgehead atoms. The second-order valence-electron chi connectivity index (χ2n) is 7.11. The number of nitrogens with zero attached hydrogens (tertiary/aromatic N) is 1. The van der Waals surface area contributed by atoms with Crippen molar-refractivity contribution in [2.45, 2.75) is 84.0 Å². The molecule has 1 aromatic heterocycles. The Kier molecular flexibility index (Phi) is 7.71. The largest absolute Gasteiger partial charge is 0.350 e. The Morgan fingerprint density at radius 1 is 0.826 bits per heavy atom. The molecule has 0 amide bonds. The molecule has 1 heteroatoms. The van der Waals surface area contributed by atoms with E-state index in [2.05, 4.69) is 55.9 Å². The number of para-hydroxylation sites is 1. The molecule has 1 nitrogen and oxygen atoms in total.